The number of hydrogen-bond donors (Lipinski definition) is 3. The van der Waals surface area contributed by atoms with E-state index in [-0.39, 0.29) is 25.9 Å². The molecule has 3 atom stereocenters. The van der Waals surface area contributed by atoms with Gasteiger partial charge in [0.2, 0.25) is 0 Å². The quantitative estimate of drug-likeness (QED) is 0.0521. The molecule has 0 amide bonds. The van der Waals surface area contributed by atoms with E-state index in [0.29, 0.717) is 12.8 Å². The van der Waals surface area contributed by atoms with E-state index < -0.39 is 36.9 Å². The van der Waals surface area contributed by atoms with Gasteiger partial charge in [-0.1, -0.05) is 108 Å². The van der Waals surface area contributed by atoms with Crippen molar-refractivity contribution in [3.8, 4) is 0 Å². The van der Waals surface area contributed by atoms with E-state index in [1.165, 1.54) is 25.7 Å². The highest BCUT2D eigenvalue weighted by Gasteiger charge is 2.18. The number of aliphatic hydroxyl groups is 3. The van der Waals surface area contributed by atoms with E-state index in [0.717, 1.165) is 50.9 Å². The Morgan fingerprint density at radius 2 is 1.21 bits per heavy atom. The fraction of sp³-hybridized carbons (Fsp3) is 0.714. The van der Waals surface area contributed by atoms with Crippen molar-refractivity contribution in [2.45, 2.75) is 142 Å². The molecule has 0 fully saturated rings. The van der Waals surface area contributed by atoms with Gasteiger partial charge < -0.3 is 24.8 Å². The van der Waals surface area contributed by atoms with Gasteiger partial charge in [-0.25, -0.2) is 0 Å². The van der Waals surface area contributed by atoms with Gasteiger partial charge in [0.15, 0.2) is 6.10 Å². The summed E-state index contributed by atoms with van der Waals surface area (Å²) in [5.41, 5.74) is 0. The molecule has 0 heterocycles. The zero-order valence-corrected chi connectivity index (χ0v) is 26.6. The number of allylic oxidation sites excluding steroid dienone is 7. The molecular formula is C35H60O7. The normalized spacial score (nSPS) is 14.5. The topological polar surface area (TPSA) is 113 Å². The van der Waals surface area contributed by atoms with E-state index in [1.807, 2.05) is 12.2 Å². The minimum absolute atomic E-state index is 0.0665. The number of ether oxygens (including phenoxy) is 2. The van der Waals surface area contributed by atoms with Crippen LogP contribution in [0.5, 0.6) is 0 Å². The number of esters is 2. The van der Waals surface area contributed by atoms with Crippen LogP contribution in [0.15, 0.2) is 48.6 Å². The summed E-state index contributed by atoms with van der Waals surface area (Å²) in [7, 11) is 0. The molecule has 42 heavy (non-hydrogen) atoms. The van der Waals surface area contributed by atoms with Crippen LogP contribution in [0.3, 0.4) is 0 Å². The summed E-state index contributed by atoms with van der Waals surface area (Å²) in [6.45, 7) is 5.97. The fourth-order valence-electron chi connectivity index (χ4n) is 4.18. The Balaban J connectivity index is 3.93. The van der Waals surface area contributed by atoms with Crippen molar-refractivity contribution < 1.29 is 34.4 Å². The second-order valence-electron chi connectivity index (χ2n) is 11.3. The summed E-state index contributed by atoms with van der Waals surface area (Å²) in [4.78, 5) is 24.1. The number of rotatable bonds is 27. The monoisotopic (exact) mass is 592 g/mol. The molecule has 7 heteroatoms. The first-order chi connectivity index (χ1) is 20.3. The van der Waals surface area contributed by atoms with Crippen molar-refractivity contribution in [1.82, 2.24) is 0 Å². The minimum atomic E-state index is -0.934. The molecule has 0 unspecified atom stereocenters. The lowest BCUT2D eigenvalue weighted by molar-refractivity contribution is -0.161. The maximum Gasteiger partial charge on any atom is 0.306 e. The van der Waals surface area contributed by atoms with Gasteiger partial charge in [0, 0.05) is 12.8 Å². The second-order valence-corrected chi connectivity index (χ2v) is 11.3. The summed E-state index contributed by atoms with van der Waals surface area (Å²) >= 11 is 0. The number of hydrogen-bond acceptors (Lipinski definition) is 7. The molecule has 0 saturated carbocycles. The van der Waals surface area contributed by atoms with Gasteiger partial charge in [0.25, 0.3) is 0 Å². The number of aliphatic hydroxyl groups excluding tert-OH is 3. The molecule has 0 aliphatic rings. The highest BCUT2D eigenvalue weighted by atomic mass is 16.6. The lowest BCUT2D eigenvalue weighted by atomic mass is 10.0. The molecule has 0 rings (SSSR count). The molecule has 0 spiro atoms. The van der Waals surface area contributed by atoms with E-state index in [1.54, 1.807) is 0 Å². The molecule has 0 aromatic carbocycles. The van der Waals surface area contributed by atoms with Crippen molar-refractivity contribution in [3.05, 3.63) is 48.6 Å². The van der Waals surface area contributed by atoms with Gasteiger partial charge in [0.05, 0.1) is 18.8 Å². The van der Waals surface area contributed by atoms with Gasteiger partial charge in [-0.3, -0.25) is 9.59 Å². The first-order valence-corrected chi connectivity index (χ1v) is 16.2. The Morgan fingerprint density at radius 3 is 1.81 bits per heavy atom. The maximum absolute atomic E-state index is 12.0. The Hall–Kier alpha value is -2.22. The van der Waals surface area contributed by atoms with Crippen LogP contribution in [0.4, 0.5) is 0 Å². The highest BCUT2D eigenvalue weighted by Crippen LogP contribution is 2.13. The molecule has 0 radical (unpaired) electrons. The van der Waals surface area contributed by atoms with Gasteiger partial charge in [-0.05, 0) is 57.3 Å². The SMILES string of the molecule is CC/C=C\C/C=C\C/C=C\C/C=C\C[C@H](O)[C@@H](O)CCCC(=O)OC[C@H](CO)OC(=O)CCCCCCCCC(C)C. The summed E-state index contributed by atoms with van der Waals surface area (Å²) in [5, 5.41) is 29.8. The Morgan fingerprint density at radius 1 is 0.667 bits per heavy atom. The Kier molecular flexibility index (Phi) is 27.4. The third-order valence-corrected chi connectivity index (χ3v) is 6.77. The molecule has 0 saturated heterocycles. The molecule has 242 valence electrons. The maximum atomic E-state index is 12.0. The molecule has 0 aromatic heterocycles. The minimum Gasteiger partial charge on any atom is -0.462 e. The molecule has 0 aromatic rings. The summed E-state index contributed by atoms with van der Waals surface area (Å²) in [5.74, 6) is -0.143. The Bertz CT molecular complexity index is 769. The third kappa shape index (κ3) is 26.7. The summed E-state index contributed by atoms with van der Waals surface area (Å²) in [6.07, 6.45) is 26.6. The van der Waals surface area contributed by atoms with Crippen LogP contribution >= 0.6 is 0 Å². The molecule has 0 aliphatic heterocycles. The number of carbonyl (C=O) groups excluding carboxylic acids is 2. The molecule has 0 bridgehead atoms. The van der Waals surface area contributed by atoms with Crippen LogP contribution in [0, 0.1) is 5.92 Å². The average molecular weight is 593 g/mol. The van der Waals surface area contributed by atoms with Crippen LogP contribution < -0.4 is 0 Å². The van der Waals surface area contributed by atoms with Crippen LogP contribution in [-0.4, -0.2) is 58.8 Å². The molecule has 0 aliphatic carbocycles. The van der Waals surface area contributed by atoms with Crippen LogP contribution in [0.2, 0.25) is 0 Å². The third-order valence-electron chi connectivity index (χ3n) is 6.77. The number of unbranched alkanes of at least 4 members (excludes halogenated alkanes) is 5. The van der Waals surface area contributed by atoms with E-state index >= 15 is 0 Å². The zero-order chi connectivity index (χ0) is 31.3. The Labute approximate surface area is 255 Å². The van der Waals surface area contributed by atoms with Crippen molar-refractivity contribution >= 4 is 11.9 Å². The number of carbonyl (C=O) groups is 2. The van der Waals surface area contributed by atoms with Crippen LogP contribution in [-0.2, 0) is 19.1 Å². The highest BCUT2D eigenvalue weighted by molar-refractivity contribution is 5.70. The van der Waals surface area contributed by atoms with Gasteiger partial charge in [-0.15, -0.1) is 0 Å². The van der Waals surface area contributed by atoms with Crippen LogP contribution in [0.1, 0.15) is 124 Å². The van der Waals surface area contributed by atoms with Crippen molar-refractivity contribution in [3.63, 3.8) is 0 Å². The standard InChI is InChI=1S/C35H60O7/c1-4-5-6-7-8-9-10-11-12-13-17-20-24-32(37)33(38)25-22-27-34(39)41-29-31(28-36)42-35(40)26-21-18-15-14-16-19-23-30(2)3/h5-6,8-9,11-12,17,20,30-33,36-38H,4,7,10,13-16,18-19,21-29H2,1-3H3/b6-5-,9-8-,12-11-,20-17-/t31-,32-,33-/m0/s1. The molecule has 3 N–H and O–H groups in total. The van der Waals surface area contributed by atoms with Gasteiger partial charge >= 0.3 is 11.9 Å². The second kappa shape index (κ2) is 28.9. The van der Waals surface area contributed by atoms with Crippen molar-refractivity contribution in [1.29, 1.82) is 0 Å². The van der Waals surface area contributed by atoms with Crippen LogP contribution in [0.25, 0.3) is 0 Å². The first-order valence-electron chi connectivity index (χ1n) is 16.2. The fourth-order valence-corrected chi connectivity index (χ4v) is 4.18. The lowest BCUT2D eigenvalue weighted by Gasteiger charge is -2.17. The molecular weight excluding hydrogens is 532 g/mol. The van der Waals surface area contributed by atoms with Gasteiger partial charge in [0.1, 0.15) is 6.61 Å². The van der Waals surface area contributed by atoms with Crippen molar-refractivity contribution in [2.75, 3.05) is 13.2 Å². The average Bonchev–Trinajstić information content (AvgIpc) is 2.96. The predicted molar refractivity (Wildman–Crippen MR) is 171 cm³/mol. The largest absolute Gasteiger partial charge is 0.462 e. The summed E-state index contributed by atoms with van der Waals surface area (Å²) in [6, 6.07) is 0. The summed E-state index contributed by atoms with van der Waals surface area (Å²) < 4.78 is 10.4. The van der Waals surface area contributed by atoms with Crippen molar-refractivity contribution in [2.24, 2.45) is 5.92 Å². The predicted octanol–water partition coefficient (Wildman–Crippen LogP) is 7.30. The first kappa shape index (κ1) is 39.8. The zero-order valence-electron chi connectivity index (χ0n) is 26.6. The lowest BCUT2D eigenvalue weighted by Crippen LogP contribution is -2.28. The van der Waals surface area contributed by atoms with E-state index in [2.05, 4.69) is 57.2 Å². The van der Waals surface area contributed by atoms with E-state index in [9.17, 15) is 24.9 Å². The smallest absolute Gasteiger partial charge is 0.306 e. The van der Waals surface area contributed by atoms with E-state index in [4.69, 9.17) is 9.47 Å². The molecule has 7 nitrogen and oxygen atoms in total. The van der Waals surface area contributed by atoms with Gasteiger partial charge in [-0.2, -0.15) is 0 Å².